The number of rotatable bonds is 4. The van der Waals surface area contributed by atoms with E-state index in [0.717, 1.165) is 24.3 Å². The first kappa shape index (κ1) is 15.8. The van der Waals surface area contributed by atoms with Crippen molar-refractivity contribution in [3.8, 4) is 0 Å². The maximum Gasteiger partial charge on any atom is 0.248 e. The van der Waals surface area contributed by atoms with E-state index in [9.17, 15) is 4.79 Å². The van der Waals surface area contributed by atoms with Crippen LogP contribution in [0.2, 0.25) is 0 Å². The van der Waals surface area contributed by atoms with Crippen LogP contribution in [-0.4, -0.2) is 30.9 Å². The predicted molar refractivity (Wildman–Crippen MR) is 94.6 cm³/mol. The van der Waals surface area contributed by atoms with Crippen molar-refractivity contribution in [3.63, 3.8) is 0 Å². The number of carbonyl (C=O) groups is 1. The number of amides is 1. The van der Waals surface area contributed by atoms with E-state index >= 15 is 0 Å². The zero-order valence-corrected chi connectivity index (χ0v) is 13.9. The van der Waals surface area contributed by atoms with Crippen LogP contribution in [0.5, 0.6) is 0 Å². The first-order chi connectivity index (χ1) is 11.2. The van der Waals surface area contributed by atoms with Gasteiger partial charge in [0.05, 0.1) is 0 Å². The maximum atomic E-state index is 13.2. The number of hydrogen-bond donors (Lipinski definition) is 0. The molecule has 1 heterocycles. The quantitative estimate of drug-likeness (QED) is 0.858. The average Bonchev–Trinajstić information content (AvgIpc) is 3.10. The Hall–Kier alpha value is -2.13. The molecule has 1 aliphatic rings. The molecule has 0 N–H and O–H groups in total. The summed E-state index contributed by atoms with van der Waals surface area (Å²) in [6, 6.07) is 18.1. The number of benzene rings is 2. The van der Waals surface area contributed by atoms with Crippen LogP contribution in [0.4, 0.5) is 5.69 Å². The lowest BCUT2D eigenvalue weighted by Crippen LogP contribution is -2.40. The Bertz CT molecular complexity index is 645. The minimum absolute atomic E-state index is 0.141. The van der Waals surface area contributed by atoms with Crippen molar-refractivity contribution in [2.24, 2.45) is 0 Å². The van der Waals surface area contributed by atoms with Gasteiger partial charge in [0.15, 0.2) is 0 Å². The molecule has 1 unspecified atom stereocenters. The largest absolute Gasteiger partial charge is 0.314 e. The standard InChI is InChI=1S/C20H24N2O/c1-16-10-12-18(13-11-16)21(2)20(23)19(22-14-6-7-15-22)17-8-4-3-5-9-17/h3-5,8-13,19H,6-7,14-15H2,1-2H3. The fourth-order valence-electron chi connectivity index (χ4n) is 3.22. The van der Waals surface area contributed by atoms with Crippen LogP contribution in [0.25, 0.3) is 0 Å². The topological polar surface area (TPSA) is 23.6 Å². The Labute approximate surface area is 138 Å². The monoisotopic (exact) mass is 308 g/mol. The van der Waals surface area contributed by atoms with Gasteiger partial charge >= 0.3 is 0 Å². The van der Waals surface area contributed by atoms with Crippen molar-refractivity contribution in [1.82, 2.24) is 4.90 Å². The van der Waals surface area contributed by atoms with E-state index in [4.69, 9.17) is 0 Å². The highest BCUT2D eigenvalue weighted by molar-refractivity contribution is 5.97. The maximum absolute atomic E-state index is 13.2. The lowest BCUT2D eigenvalue weighted by Gasteiger charge is -2.31. The number of nitrogens with zero attached hydrogens (tertiary/aromatic N) is 2. The number of hydrogen-bond acceptors (Lipinski definition) is 2. The van der Waals surface area contributed by atoms with Crippen molar-refractivity contribution in [3.05, 3.63) is 65.7 Å². The number of carbonyl (C=O) groups excluding carboxylic acids is 1. The molecule has 0 bridgehead atoms. The van der Waals surface area contributed by atoms with Gasteiger partial charge in [0.2, 0.25) is 5.91 Å². The van der Waals surface area contributed by atoms with Gasteiger partial charge in [-0.25, -0.2) is 0 Å². The average molecular weight is 308 g/mol. The second-order valence-corrected chi connectivity index (χ2v) is 6.29. The Morgan fingerprint density at radius 1 is 1.00 bits per heavy atom. The summed E-state index contributed by atoms with van der Waals surface area (Å²) in [7, 11) is 1.87. The third-order valence-electron chi connectivity index (χ3n) is 4.61. The zero-order chi connectivity index (χ0) is 16.2. The fourth-order valence-corrected chi connectivity index (χ4v) is 3.22. The highest BCUT2D eigenvalue weighted by atomic mass is 16.2. The van der Waals surface area contributed by atoms with Gasteiger partial charge in [-0.15, -0.1) is 0 Å². The van der Waals surface area contributed by atoms with E-state index in [-0.39, 0.29) is 11.9 Å². The molecule has 0 aromatic heterocycles. The molecule has 3 heteroatoms. The SMILES string of the molecule is Cc1ccc(N(C)C(=O)C(c2ccccc2)N2CCCC2)cc1. The fraction of sp³-hybridized carbons (Fsp3) is 0.350. The summed E-state index contributed by atoms with van der Waals surface area (Å²) in [5.74, 6) is 0.141. The van der Waals surface area contributed by atoms with Crippen LogP contribution in [-0.2, 0) is 4.79 Å². The summed E-state index contributed by atoms with van der Waals surface area (Å²) in [5.41, 5.74) is 3.23. The lowest BCUT2D eigenvalue weighted by molar-refractivity contribution is -0.123. The molecular formula is C20H24N2O. The number of aryl methyl sites for hydroxylation is 1. The summed E-state index contributed by atoms with van der Waals surface area (Å²) in [5, 5.41) is 0. The molecule has 2 aromatic rings. The molecule has 1 amide bonds. The van der Waals surface area contributed by atoms with Crippen molar-refractivity contribution in [2.45, 2.75) is 25.8 Å². The zero-order valence-electron chi connectivity index (χ0n) is 13.9. The molecule has 1 fully saturated rings. The number of likely N-dealkylation sites (N-methyl/N-ethyl adjacent to an activating group) is 1. The van der Waals surface area contributed by atoms with E-state index < -0.39 is 0 Å². The van der Waals surface area contributed by atoms with Gasteiger partial charge in [0.1, 0.15) is 6.04 Å². The molecule has 0 aliphatic carbocycles. The molecule has 1 aliphatic heterocycles. The number of likely N-dealkylation sites (tertiary alicyclic amines) is 1. The van der Waals surface area contributed by atoms with Crippen LogP contribution < -0.4 is 4.90 Å². The van der Waals surface area contributed by atoms with Crippen LogP contribution in [0.1, 0.15) is 30.0 Å². The summed E-state index contributed by atoms with van der Waals surface area (Å²) >= 11 is 0. The molecule has 3 nitrogen and oxygen atoms in total. The minimum atomic E-state index is -0.190. The molecule has 0 spiro atoms. The molecule has 23 heavy (non-hydrogen) atoms. The summed E-state index contributed by atoms with van der Waals surface area (Å²) in [6.45, 7) is 4.04. The Kier molecular flexibility index (Phi) is 4.77. The lowest BCUT2D eigenvalue weighted by atomic mass is 10.0. The van der Waals surface area contributed by atoms with Gasteiger partial charge in [-0.3, -0.25) is 9.69 Å². The van der Waals surface area contributed by atoms with Crippen molar-refractivity contribution in [2.75, 3.05) is 25.0 Å². The normalized spacial score (nSPS) is 16.3. The second-order valence-electron chi connectivity index (χ2n) is 6.29. The third-order valence-corrected chi connectivity index (χ3v) is 4.61. The summed E-state index contributed by atoms with van der Waals surface area (Å²) < 4.78 is 0. The Morgan fingerprint density at radius 2 is 1.61 bits per heavy atom. The van der Waals surface area contributed by atoms with Crippen LogP contribution in [0.3, 0.4) is 0 Å². The van der Waals surface area contributed by atoms with Crippen LogP contribution >= 0.6 is 0 Å². The number of anilines is 1. The van der Waals surface area contributed by atoms with Crippen LogP contribution in [0.15, 0.2) is 54.6 Å². The summed E-state index contributed by atoms with van der Waals surface area (Å²) in [6.07, 6.45) is 2.34. The van der Waals surface area contributed by atoms with Gasteiger partial charge in [-0.05, 0) is 50.6 Å². The highest BCUT2D eigenvalue weighted by Gasteiger charge is 2.32. The molecule has 120 valence electrons. The first-order valence-corrected chi connectivity index (χ1v) is 8.30. The first-order valence-electron chi connectivity index (χ1n) is 8.30. The minimum Gasteiger partial charge on any atom is -0.314 e. The van der Waals surface area contributed by atoms with Crippen LogP contribution in [0, 0.1) is 6.92 Å². The van der Waals surface area contributed by atoms with E-state index in [1.165, 1.54) is 18.4 Å². The van der Waals surface area contributed by atoms with E-state index in [1.54, 1.807) is 4.90 Å². The van der Waals surface area contributed by atoms with E-state index in [2.05, 4.69) is 24.0 Å². The highest BCUT2D eigenvalue weighted by Crippen LogP contribution is 2.28. The molecule has 1 saturated heterocycles. The second kappa shape index (κ2) is 6.97. The van der Waals surface area contributed by atoms with E-state index in [1.807, 2.05) is 49.5 Å². The molecule has 0 saturated carbocycles. The van der Waals surface area contributed by atoms with Gasteiger partial charge in [-0.1, -0.05) is 48.0 Å². The summed E-state index contributed by atoms with van der Waals surface area (Å²) in [4.78, 5) is 17.3. The van der Waals surface area contributed by atoms with Gasteiger partial charge in [0, 0.05) is 12.7 Å². The van der Waals surface area contributed by atoms with Crippen molar-refractivity contribution in [1.29, 1.82) is 0 Å². The molecule has 2 aromatic carbocycles. The predicted octanol–water partition coefficient (Wildman–Crippen LogP) is 3.79. The van der Waals surface area contributed by atoms with Gasteiger partial charge in [0.25, 0.3) is 0 Å². The molecule has 3 rings (SSSR count). The van der Waals surface area contributed by atoms with Crippen molar-refractivity contribution >= 4 is 11.6 Å². The molecular weight excluding hydrogens is 284 g/mol. The van der Waals surface area contributed by atoms with Gasteiger partial charge in [-0.2, -0.15) is 0 Å². The Balaban J connectivity index is 1.89. The van der Waals surface area contributed by atoms with Crippen molar-refractivity contribution < 1.29 is 4.79 Å². The third kappa shape index (κ3) is 3.45. The van der Waals surface area contributed by atoms with Gasteiger partial charge < -0.3 is 4.90 Å². The molecule has 0 radical (unpaired) electrons. The Morgan fingerprint density at radius 3 is 2.22 bits per heavy atom. The smallest absolute Gasteiger partial charge is 0.248 e. The van der Waals surface area contributed by atoms with E-state index in [0.29, 0.717) is 0 Å². The molecule has 1 atom stereocenters.